The maximum atomic E-state index is 13.4. The van der Waals surface area contributed by atoms with Crippen LogP contribution in [0.15, 0.2) is 18.2 Å². The molecule has 0 aliphatic carbocycles. The molecular weight excluding hydrogens is 232 g/mol. The van der Waals surface area contributed by atoms with E-state index >= 15 is 0 Å². The number of rotatable bonds is 3. The third-order valence-corrected chi connectivity index (χ3v) is 2.93. The SMILES string of the molecule is CNCc1nnc(-c2cccc(F)c2F)s1. The molecule has 84 valence electrons. The highest BCUT2D eigenvalue weighted by atomic mass is 32.1. The molecule has 2 aromatic rings. The summed E-state index contributed by atoms with van der Waals surface area (Å²) in [6.07, 6.45) is 0. The van der Waals surface area contributed by atoms with Crippen LogP contribution in [-0.2, 0) is 6.54 Å². The fraction of sp³-hybridized carbons (Fsp3) is 0.200. The van der Waals surface area contributed by atoms with Gasteiger partial charge in [-0.05, 0) is 19.2 Å². The summed E-state index contributed by atoms with van der Waals surface area (Å²) in [5, 5.41) is 11.7. The van der Waals surface area contributed by atoms with Crippen LogP contribution in [0.25, 0.3) is 10.6 Å². The van der Waals surface area contributed by atoms with Gasteiger partial charge in [0.1, 0.15) is 5.01 Å². The van der Waals surface area contributed by atoms with Crippen LogP contribution in [0.2, 0.25) is 0 Å². The van der Waals surface area contributed by atoms with Crippen LogP contribution in [0.5, 0.6) is 0 Å². The second kappa shape index (κ2) is 4.63. The molecule has 6 heteroatoms. The summed E-state index contributed by atoms with van der Waals surface area (Å²) in [5.74, 6) is -1.75. The first-order chi connectivity index (χ1) is 7.72. The van der Waals surface area contributed by atoms with Gasteiger partial charge in [0.25, 0.3) is 0 Å². The van der Waals surface area contributed by atoms with Gasteiger partial charge in [-0.1, -0.05) is 17.4 Å². The van der Waals surface area contributed by atoms with Crippen LogP contribution in [0.1, 0.15) is 5.01 Å². The molecule has 0 amide bonds. The number of hydrogen-bond acceptors (Lipinski definition) is 4. The maximum Gasteiger partial charge on any atom is 0.169 e. The maximum absolute atomic E-state index is 13.4. The predicted molar refractivity (Wildman–Crippen MR) is 58.0 cm³/mol. The lowest BCUT2D eigenvalue weighted by molar-refractivity contribution is 0.511. The van der Waals surface area contributed by atoms with Gasteiger partial charge < -0.3 is 5.32 Å². The van der Waals surface area contributed by atoms with Crippen molar-refractivity contribution in [1.29, 1.82) is 0 Å². The van der Waals surface area contributed by atoms with E-state index in [1.54, 1.807) is 7.05 Å². The van der Waals surface area contributed by atoms with Crippen molar-refractivity contribution < 1.29 is 8.78 Å². The topological polar surface area (TPSA) is 37.8 Å². The molecule has 16 heavy (non-hydrogen) atoms. The molecule has 0 fully saturated rings. The molecule has 1 heterocycles. The second-order valence-corrected chi connectivity index (χ2v) is 4.19. The van der Waals surface area contributed by atoms with Gasteiger partial charge in [0, 0.05) is 6.54 Å². The average molecular weight is 241 g/mol. The van der Waals surface area contributed by atoms with Crippen molar-refractivity contribution in [2.75, 3.05) is 7.05 Å². The first-order valence-corrected chi connectivity index (χ1v) is 5.45. The van der Waals surface area contributed by atoms with Gasteiger partial charge in [0.05, 0.1) is 5.56 Å². The van der Waals surface area contributed by atoms with Gasteiger partial charge in [-0.15, -0.1) is 10.2 Å². The van der Waals surface area contributed by atoms with E-state index in [1.165, 1.54) is 23.5 Å². The van der Waals surface area contributed by atoms with Crippen molar-refractivity contribution in [2.45, 2.75) is 6.54 Å². The van der Waals surface area contributed by atoms with Crippen molar-refractivity contribution in [1.82, 2.24) is 15.5 Å². The average Bonchev–Trinajstić information content (AvgIpc) is 2.71. The summed E-state index contributed by atoms with van der Waals surface area (Å²) in [4.78, 5) is 0. The Bertz CT molecular complexity index is 499. The van der Waals surface area contributed by atoms with E-state index in [9.17, 15) is 8.78 Å². The van der Waals surface area contributed by atoms with Crippen LogP contribution in [-0.4, -0.2) is 17.2 Å². The molecule has 2 rings (SSSR count). The predicted octanol–water partition coefficient (Wildman–Crippen LogP) is 2.20. The lowest BCUT2D eigenvalue weighted by atomic mass is 10.2. The Kier molecular flexibility index (Phi) is 3.21. The van der Waals surface area contributed by atoms with E-state index in [0.29, 0.717) is 11.6 Å². The van der Waals surface area contributed by atoms with E-state index in [4.69, 9.17) is 0 Å². The molecule has 3 nitrogen and oxygen atoms in total. The normalized spacial score (nSPS) is 10.7. The number of hydrogen-bond donors (Lipinski definition) is 1. The van der Waals surface area contributed by atoms with Crippen molar-refractivity contribution in [3.63, 3.8) is 0 Å². The molecule has 1 N–H and O–H groups in total. The highest BCUT2D eigenvalue weighted by molar-refractivity contribution is 7.14. The Balaban J connectivity index is 2.39. The highest BCUT2D eigenvalue weighted by Crippen LogP contribution is 2.27. The minimum Gasteiger partial charge on any atom is -0.313 e. The fourth-order valence-electron chi connectivity index (χ4n) is 1.25. The quantitative estimate of drug-likeness (QED) is 0.895. The smallest absolute Gasteiger partial charge is 0.169 e. The standard InChI is InChI=1S/C10H9F2N3S/c1-13-5-8-14-15-10(16-8)6-3-2-4-7(11)9(6)12/h2-4,13H,5H2,1H3. The van der Waals surface area contributed by atoms with E-state index in [1.807, 2.05) is 0 Å². The Morgan fingerprint density at radius 2 is 2.12 bits per heavy atom. The van der Waals surface area contributed by atoms with E-state index in [-0.39, 0.29) is 5.56 Å². The van der Waals surface area contributed by atoms with Crippen LogP contribution in [0, 0.1) is 11.6 Å². The molecule has 0 bridgehead atoms. The number of nitrogens with one attached hydrogen (secondary N) is 1. The fourth-order valence-corrected chi connectivity index (χ4v) is 2.12. The summed E-state index contributed by atoms with van der Waals surface area (Å²) in [6, 6.07) is 4.02. The van der Waals surface area contributed by atoms with E-state index < -0.39 is 11.6 Å². The number of benzene rings is 1. The summed E-state index contributed by atoms with van der Waals surface area (Å²) >= 11 is 1.24. The van der Waals surface area contributed by atoms with Gasteiger partial charge >= 0.3 is 0 Å². The van der Waals surface area contributed by atoms with Gasteiger partial charge in [0.2, 0.25) is 0 Å². The Morgan fingerprint density at radius 1 is 1.31 bits per heavy atom. The van der Waals surface area contributed by atoms with Gasteiger partial charge in [-0.2, -0.15) is 0 Å². The van der Waals surface area contributed by atoms with Crippen LogP contribution < -0.4 is 5.32 Å². The molecule has 0 spiro atoms. The zero-order chi connectivity index (χ0) is 11.5. The molecule has 0 saturated carbocycles. The summed E-state index contributed by atoms with van der Waals surface area (Å²) in [5.41, 5.74) is 0.153. The summed E-state index contributed by atoms with van der Waals surface area (Å²) in [6.45, 7) is 0.564. The molecular formula is C10H9F2N3S. The third kappa shape index (κ3) is 2.07. The van der Waals surface area contributed by atoms with Crippen LogP contribution >= 0.6 is 11.3 Å². The van der Waals surface area contributed by atoms with Gasteiger partial charge in [-0.25, -0.2) is 8.78 Å². The minimum absolute atomic E-state index is 0.153. The minimum atomic E-state index is -0.880. The van der Waals surface area contributed by atoms with Crippen molar-refractivity contribution in [3.05, 3.63) is 34.8 Å². The number of halogens is 2. The molecule has 0 atom stereocenters. The molecule has 0 unspecified atom stereocenters. The zero-order valence-corrected chi connectivity index (χ0v) is 9.31. The summed E-state index contributed by atoms with van der Waals surface area (Å²) < 4.78 is 26.4. The molecule has 0 radical (unpaired) electrons. The molecule has 0 aliphatic heterocycles. The monoisotopic (exact) mass is 241 g/mol. The van der Waals surface area contributed by atoms with E-state index in [0.717, 1.165) is 11.1 Å². The van der Waals surface area contributed by atoms with Crippen LogP contribution in [0.4, 0.5) is 8.78 Å². The van der Waals surface area contributed by atoms with Crippen LogP contribution in [0.3, 0.4) is 0 Å². The molecule has 1 aromatic carbocycles. The third-order valence-electron chi connectivity index (χ3n) is 1.98. The van der Waals surface area contributed by atoms with Crippen molar-refractivity contribution in [2.24, 2.45) is 0 Å². The summed E-state index contributed by atoms with van der Waals surface area (Å²) in [7, 11) is 1.78. The van der Waals surface area contributed by atoms with E-state index in [2.05, 4.69) is 15.5 Å². The number of aromatic nitrogens is 2. The Morgan fingerprint density at radius 3 is 2.88 bits per heavy atom. The first-order valence-electron chi connectivity index (χ1n) is 4.63. The van der Waals surface area contributed by atoms with Crippen molar-refractivity contribution in [3.8, 4) is 10.6 Å². The Hall–Kier alpha value is -1.40. The second-order valence-electron chi connectivity index (χ2n) is 3.13. The van der Waals surface area contributed by atoms with Gasteiger partial charge in [-0.3, -0.25) is 0 Å². The molecule has 0 aliphatic rings. The highest BCUT2D eigenvalue weighted by Gasteiger charge is 2.13. The lowest BCUT2D eigenvalue weighted by Gasteiger charge is -1.98. The lowest BCUT2D eigenvalue weighted by Crippen LogP contribution is -2.04. The van der Waals surface area contributed by atoms with Crippen molar-refractivity contribution >= 4 is 11.3 Å². The van der Waals surface area contributed by atoms with Gasteiger partial charge in [0.15, 0.2) is 16.6 Å². The number of nitrogens with zero attached hydrogens (tertiary/aromatic N) is 2. The molecule has 0 saturated heterocycles. The Labute approximate surface area is 95.1 Å². The molecule has 1 aromatic heterocycles. The zero-order valence-electron chi connectivity index (χ0n) is 8.50. The largest absolute Gasteiger partial charge is 0.313 e. The first kappa shape index (κ1) is 11.1.